The van der Waals surface area contributed by atoms with E-state index in [0.29, 0.717) is 43.9 Å². The molecule has 8 heteroatoms. The van der Waals surface area contributed by atoms with Crippen molar-refractivity contribution < 1.29 is 14.3 Å². The fourth-order valence-electron chi connectivity index (χ4n) is 2.88. The first-order valence-corrected chi connectivity index (χ1v) is 11.5. The Kier molecular flexibility index (Phi) is 8.79. The molecule has 1 amide bonds. The van der Waals surface area contributed by atoms with Crippen LogP contribution in [0.2, 0.25) is 10.0 Å². The number of nitriles is 1. The van der Waals surface area contributed by atoms with Crippen LogP contribution in [-0.2, 0) is 11.4 Å². The van der Waals surface area contributed by atoms with E-state index in [-0.39, 0.29) is 12.2 Å². The first-order chi connectivity index (χ1) is 15.9. The summed E-state index contributed by atoms with van der Waals surface area (Å²) in [7, 11) is 0. The van der Waals surface area contributed by atoms with Gasteiger partial charge in [0.25, 0.3) is 5.91 Å². The summed E-state index contributed by atoms with van der Waals surface area (Å²) in [4.78, 5) is 12.6. The summed E-state index contributed by atoms with van der Waals surface area (Å²) in [5, 5.41) is 13.1. The van der Waals surface area contributed by atoms with Crippen LogP contribution in [0.1, 0.15) is 18.1 Å². The topological polar surface area (TPSA) is 71.3 Å². The van der Waals surface area contributed by atoms with Crippen molar-refractivity contribution >= 4 is 56.8 Å². The Balaban J connectivity index is 1.74. The summed E-state index contributed by atoms with van der Waals surface area (Å²) in [6.07, 6.45) is 1.46. The van der Waals surface area contributed by atoms with Gasteiger partial charge in [0.15, 0.2) is 5.75 Å². The highest BCUT2D eigenvalue weighted by atomic mass is 79.9. The largest absolute Gasteiger partial charge is 0.494 e. The van der Waals surface area contributed by atoms with E-state index in [1.807, 2.05) is 31.2 Å². The third-order valence-electron chi connectivity index (χ3n) is 4.45. The van der Waals surface area contributed by atoms with E-state index in [9.17, 15) is 10.1 Å². The zero-order valence-electron chi connectivity index (χ0n) is 17.6. The second-order valence-electron chi connectivity index (χ2n) is 6.78. The Morgan fingerprint density at radius 2 is 1.82 bits per heavy atom. The smallest absolute Gasteiger partial charge is 0.266 e. The lowest BCUT2D eigenvalue weighted by Gasteiger charge is -2.12. The van der Waals surface area contributed by atoms with E-state index in [2.05, 4.69) is 21.2 Å². The number of ether oxygens (including phenoxy) is 2. The van der Waals surface area contributed by atoms with Gasteiger partial charge in [0, 0.05) is 16.3 Å². The molecule has 0 heterocycles. The van der Waals surface area contributed by atoms with Crippen molar-refractivity contribution in [3.8, 4) is 17.6 Å². The SMILES string of the molecule is CCOc1ccc(NC(=O)/C(C#N)=C\c2cc(Cl)c(OCc3ccccc3Cl)c(Br)c2)cc1. The van der Waals surface area contributed by atoms with E-state index in [1.165, 1.54) is 6.08 Å². The Morgan fingerprint density at radius 3 is 2.45 bits per heavy atom. The number of hydrogen-bond donors (Lipinski definition) is 1. The number of rotatable bonds is 8. The fraction of sp³-hybridized carbons (Fsp3) is 0.120. The Hall–Kier alpha value is -2.98. The van der Waals surface area contributed by atoms with Gasteiger partial charge in [0.2, 0.25) is 0 Å². The summed E-state index contributed by atoms with van der Waals surface area (Å²) in [6, 6.07) is 19.5. The molecule has 0 spiro atoms. The van der Waals surface area contributed by atoms with Crippen LogP contribution in [-0.4, -0.2) is 12.5 Å². The highest BCUT2D eigenvalue weighted by Gasteiger charge is 2.13. The number of benzene rings is 3. The average Bonchev–Trinajstić information content (AvgIpc) is 2.79. The predicted octanol–water partition coefficient (Wildman–Crippen LogP) is 7.28. The van der Waals surface area contributed by atoms with Crippen molar-refractivity contribution in [3.05, 3.63) is 91.9 Å². The van der Waals surface area contributed by atoms with E-state index >= 15 is 0 Å². The molecular formula is C25H19BrCl2N2O3. The molecule has 0 bridgehead atoms. The molecule has 0 unspecified atom stereocenters. The third-order valence-corrected chi connectivity index (χ3v) is 5.69. The number of halogens is 3. The maximum Gasteiger partial charge on any atom is 0.266 e. The van der Waals surface area contributed by atoms with Gasteiger partial charge in [0.05, 0.1) is 16.1 Å². The molecule has 33 heavy (non-hydrogen) atoms. The molecule has 3 aromatic carbocycles. The van der Waals surface area contributed by atoms with Crippen LogP contribution in [0.25, 0.3) is 6.08 Å². The van der Waals surface area contributed by atoms with Crippen molar-refractivity contribution in [2.75, 3.05) is 11.9 Å². The molecule has 3 aromatic rings. The lowest BCUT2D eigenvalue weighted by Crippen LogP contribution is -2.13. The van der Waals surface area contributed by atoms with Crippen LogP contribution in [0.4, 0.5) is 5.69 Å². The second-order valence-corrected chi connectivity index (χ2v) is 8.44. The fourth-order valence-corrected chi connectivity index (χ4v) is 4.06. The summed E-state index contributed by atoms with van der Waals surface area (Å²) in [5.41, 5.74) is 1.86. The number of carbonyl (C=O) groups is 1. The van der Waals surface area contributed by atoms with Gasteiger partial charge in [-0.25, -0.2) is 0 Å². The molecule has 5 nitrogen and oxygen atoms in total. The molecule has 0 saturated carbocycles. The first-order valence-electron chi connectivity index (χ1n) is 9.92. The van der Waals surface area contributed by atoms with Gasteiger partial charge in [-0.2, -0.15) is 5.26 Å². The maximum atomic E-state index is 12.6. The molecule has 0 aliphatic rings. The lowest BCUT2D eigenvalue weighted by molar-refractivity contribution is -0.112. The summed E-state index contributed by atoms with van der Waals surface area (Å²) in [6.45, 7) is 2.68. The minimum atomic E-state index is -0.534. The number of carbonyl (C=O) groups excluding carboxylic acids is 1. The van der Waals surface area contributed by atoms with Crippen molar-refractivity contribution in [1.82, 2.24) is 0 Å². The minimum absolute atomic E-state index is 0.0726. The zero-order chi connectivity index (χ0) is 23.8. The molecule has 0 radical (unpaired) electrons. The lowest BCUT2D eigenvalue weighted by atomic mass is 10.1. The standard InChI is InChI=1S/C25H19BrCl2N2O3/c1-2-32-20-9-7-19(8-10-20)30-25(31)18(14-29)11-16-12-21(26)24(23(28)13-16)33-15-17-5-3-4-6-22(17)27/h3-13H,2,15H2,1H3,(H,30,31)/b18-11-. The minimum Gasteiger partial charge on any atom is -0.494 e. The average molecular weight is 546 g/mol. The summed E-state index contributed by atoms with van der Waals surface area (Å²) in [5.74, 6) is 0.599. The first kappa shape index (κ1) is 24.7. The Bertz CT molecular complexity index is 1200. The highest BCUT2D eigenvalue weighted by molar-refractivity contribution is 9.10. The van der Waals surface area contributed by atoms with Gasteiger partial charge in [-0.3, -0.25) is 4.79 Å². The number of nitrogens with zero attached hydrogens (tertiary/aromatic N) is 1. The van der Waals surface area contributed by atoms with E-state index in [4.69, 9.17) is 32.7 Å². The zero-order valence-corrected chi connectivity index (χ0v) is 20.7. The van der Waals surface area contributed by atoms with Gasteiger partial charge >= 0.3 is 0 Å². The number of amides is 1. The number of hydrogen-bond acceptors (Lipinski definition) is 4. The Labute approximate surface area is 210 Å². The molecule has 0 aromatic heterocycles. The molecule has 0 aliphatic carbocycles. The normalized spacial score (nSPS) is 10.9. The van der Waals surface area contributed by atoms with E-state index in [0.717, 1.165) is 5.56 Å². The van der Waals surface area contributed by atoms with Crippen LogP contribution in [0.5, 0.6) is 11.5 Å². The molecule has 0 fully saturated rings. The van der Waals surface area contributed by atoms with Crippen LogP contribution >= 0.6 is 39.1 Å². The van der Waals surface area contributed by atoms with Gasteiger partial charge in [-0.05, 0) is 77.0 Å². The van der Waals surface area contributed by atoms with Gasteiger partial charge in [0.1, 0.15) is 24.0 Å². The highest BCUT2D eigenvalue weighted by Crippen LogP contribution is 2.36. The molecule has 168 valence electrons. The van der Waals surface area contributed by atoms with Crippen LogP contribution in [0.3, 0.4) is 0 Å². The van der Waals surface area contributed by atoms with Crippen LogP contribution in [0, 0.1) is 11.3 Å². The molecule has 0 aliphatic heterocycles. The molecule has 3 rings (SSSR count). The summed E-state index contributed by atoms with van der Waals surface area (Å²) >= 11 is 16.0. The van der Waals surface area contributed by atoms with Crippen molar-refractivity contribution in [2.24, 2.45) is 0 Å². The van der Waals surface area contributed by atoms with Crippen molar-refractivity contribution in [3.63, 3.8) is 0 Å². The van der Waals surface area contributed by atoms with E-state index < -0.39 is 5.91 Å². The number of anilines is 1. The molecular weight excluding hydrogens is 527 g/mol. The van der Waals surface area contributed by atoms with Crippen molar-refractivity contribution in [2.45, 2.75) is 13.5 Å². The maximum absolute atomic E-state index is 12.6. The molecule has 1 N–H and O–H groups in total. The number of nitrogens with one attached hydrogen (secondary N) is 1. The monoisotopic (exact) mass is 544 g/mol. The van der Waals surface area contributed by atoms with Crippen LogP contribution < -0.4 is 14.8 Å². The third kappa shape index (κ3) is 6.75. The van der Waals surface area contributed by atoms with Crippen LogP contribution in [0.15, 0.2) is 70.7 Å². The predicted molar refractivity (Wildman–Crippen MR) is 135 cm³/mol. The van der Waals surface area contributed by atoms with Gasteiger partial charge in [-0.15, -0.1) is 0 Å². The van der Waals surface area contributed by atoms with Gasteiger partial charge < -0.3 is 14.8 Å². The molecule has 0 saturated heterocycles. The van der Waals surface area contributed by atoms with Gasteiger partial charge in [-0.1, -0.05) is 41.4 Å². The quantitative estimate of drug-likeness (QED) is 0.238. The van der Waals surface area contributed by atoms with Crippen molar-refractivity contribution in [1.29, 1.82) is 5.26 Å². The summed E-state index contributed by atoms with van der Waals surface area (Å²) < 4.78 is 11.8. The van der Waals surface area contributed by atoms with E-state index in [1.54, 1.807) is 42.5 Å². The second kappa shape index (κ2) is 11.8. The molecule has 0 atom stereocenters. The Morgan fingerprint density at radius 1 is 1.09 bits per heavy atom.